The summed E-state index contributed by atoms with van der Waals surface area (Å²) < 4.78 is 0. The van der Waals surface area contributed by atoms with E-state index in [0.717, 1.165) is 10.5 Å². The molecule has 7 heteroatoms. The Labute approximate surface area is 191 Å². The minimum Gasteiger partial charge on any atom is -0.345 e. The van der Waals surface area contributed by atoms with E-state index in [1.165, 1.54) is 6.07 Å². The fraction of sp³-hybridized carbons (Fsp3) is 0.154. The van der Waals surface area contributed by atoms with E-state index in [0.29, 0.717) is 16.9 Å². The average molecular weight is 441 g/mol. The maximum absolute atomic E-state index is 12.9. The molecule has 0 aromatic heterocycles. The summed E-state index contributed by atoms with van der Waals surface area (Å²) in [4.78, 5) is 51.0. The Kier molecular flexibility index (Phi) is 6.31. The molecule has 3 aromatic carbocycles. The van der Waals surface area contributed by atoms with Crippen LogP contribution in [0.15, 0.2) is 78.9 Å². The molecular weight excluding hydrogens is 418 g/mol. The number of nitrogens with one attached hydrogen (secondary N) is 2. The highest BCUT2D eigenvalue weighted by atomic mass is 16.2. The molecule has 0 radical (unpaired) electrons. The highest BCUT2D eigenvalue weighted by Crippen LogP contribution is 2.24. The van der Waals surface area contributed by atoms with Crippen LogP contribution in [0.5, 0.6) is 0 Å². The number of anilines is 2. The SMILES string of the molecule is CC(NC(=O)c1ccccc1NC(=O)c1cccc(N2C(=O)CCC2=O)c1)c1ccccc1. The first-order chi connectivity index (χ1) is 15.9. The maximum Gasteiger partial charge on any atom is 0.255 e. The normalized spacial score (nSPS) is 14.2. The second-order valence-electron chi connectivity index (χ2n) is 7.78. The Morgan fingerprint density at radius 2 is 1.48 bits per heavy atom. The van der Waals surface area contributed by atoms with Gasteiger partial charge in [0, 0.05) is 18.4 Å². The number of rotatable bonds is 6. The van der Waals surface area contributed by atoms with Gasteiger partial charge in [0.05, 0.1) is 23.0 Å². The molecule has 1 fully saturated rings. The van der Waals surface area contributed by atoms with Crippen LogP contribution in [0, 0.1) is 0 Å². The molecule has 0 bridgehead atoms. The Morgan fingerprint density at radius 1 is 0.818 bits per heavy atom. The smallest absolute Gasteiger partial charge is 0.255 e. The summed E-state index contributed by atoms with van der Waals surface area (Å²) in [6.07, 6.45) is 0.332. The summed E-state index contributed by atoms with van der Waals surface area (Å²) in [5, 5.41) is 5.72. The van der Waals surface area contributed by atoms with Crippen LogP contribution in [-0.4, -0.2) is 23.6 Å². The number of carbonyl (C=O) groups is 4. The van der Waals surface area contributed by atoms with E-state index in [4.69, 9.17) is 0 Å². The first-order valence-electron chi connectivity index (χ1n) is 10.7. The van der Waals surface area contributed by atoms with E-state index in [9.17, 15) is 19.2 Å². The third kappa shape index (κ3) is 4.82. The minimum absolute atomic E-state index is 0.166. The molecule has 3 aromatic rings. The van der Waals surface area contributed by atoms with Crippen molar-refractivity contribution in [2.24, 2.45) is 0 Å². The van der Waals surface area contributed by atoms with Gasteiger partial charge in [-0.25, -0.2) is 0 Å². The lowest BCUT2D eigenvalue weighted by Crippen LogP contribution is -2.29. The standard InChI is InChI=1S/C26H23N3O4/c1-17(18-8-3-2-4-9-18)27-26(33)21-12-5-6-13-22(21)28-25(32)19-10-7-11-20(16-19)29-23(30)14-15-24(29)31/h2-13,16-17H,14-15H2,1H3,(H,27,33)(H,28,32). The molecule has 7 nitrogen and oxygen atoms in total. The molecule has 1 atom stereocenters. The molecule has 0 saturated carbocycles. The summed E-state index contributed by atoms with van der Waals surface area (Å²) in [5.74, 6) is -1.34. The molecule has 33 heavy (non-hydrogen) atoms. The van der Waals surface area contributed by atoms with Crippen molar-refractivity contribution < 1.29 is 19.2 Å². The van der Waals surface area contributed by atoms with Gasteiger partial charge >= 0.3 is 0 Å². The van der Waals surface area contributed by atoms with E-state index in [1.807, 2.05) is 37.3 Å². The van der Waals surface area contributed by atoms with Gasteiger partial charge < -0.3 is 10.6 Å². The van der Waals surface area contributed by atoms with Crippen molar-refractivity contribution in [3.63, 3.8) is 0 Å². The Morgan fingerprint density at radius 3 is 2.21 bits per heavy atom. The summed E-state index contributed by atoms with van der Waals surface area (Å²) in [6, 6.07) is 22.4. The number of para-hydroxylation sites is 1. The van der Waals surface area contributed by atoms with Crippen LogP contribution in [0.4, 0.5) is 11.4 Å². The van der Waals surface area contributed by atoms with Gasteiger partial charge in [0.1, 0.15) is 0 Å². The zero-order valence-electron chi connectivity index (χ0n) is 18.1. The van der Waals surface area contributed by atoms with E-state index in [-0.39, 0.29) is 42.2 Å². The second-order valence-corrected chi connectivity index (χ2v) is 7.78. The van der Waals surface area contributed by atoms with Gasteiger partial charge in [-0.15, -0.1) is 0 Å². The highest BCUT2D eigenvalue weighted by Gasteiger charge is 2.30. The van der Waals surface area contributed by atoms with Crippen molar-refractivity contribution in [1.82, 2.24) is 5.32 Å². The Bertz CT molecular complexity index is 1210. The number of nitrogens with zero attached hydrogens (tertiary/aromatic N) is 1. The lowest BCUT2D eigenvalue weighted by molar-refractivity contribution is -0.121. The molecule has 166 valence electrons. The van der Waals surface area contributed by atoms with Crippen LogP contribution in [0.25, 0.3) is 0 Å². The predicted molar refractivity (Wildman–Crippen MR) is 125 cm³/mol. The number of carbonyl (C=O) groups excluding carboxylic acids is 4. The summed E-state index contributed by atoms with van der Waals surface area (Å²) in [7, 11) is 0. The monoisotopic (exact) mass is 441 g/mol. The molecule has 2 N–H and O–H groups in total. The van der Waals surface area contributed by atoms with Gasteiger partial charge in [0.2, 0.25) is 11.8 Å². The van der Waals surface area contributed by atoms with Crippen LogP contribution in [0.1, 0.15) is 52.1 Å². The van der Waals surface area contributed by atoms with Crippen LogP contribution >= 0.6 is 0 Å². The molecule has 1 aliphatic heterocycles. The maximum atomic E-state index is 12.9. The van der Waals surface area contributed by atoms with Crippen molar-refractivity contribution in [2.75, 3.05) is 10.2 Å². The fourth-order valence-corrected chi connectivity index (χ4v) is 3.73. The number of benzene rings is 3. The van der Waals surface area contributed by atoms with Crippen LogP contribution in [0.2, 0.25) is 0 Å². The molecule has 1 aliphatic rings. The van der Waals surface area contributed by atoms with Crippen molar-refractivity contribution in [1.29, 1.82) is 0 Å². The number of amides is 4. The topological polar surface area (TPSA) is 95.6 Å². The van der Waals surface area contributed by atoms with Gasteiger partial charge in [-0.3, -0.25) is 24.1 Å². The first-order valence-corrected chi connectivity index (χ1v) is 10.7. The van der Waals surface area contributed by atoms with Crippen LogP contribution in [0.3, 0.4) is 0 Å². The van der Waals surface area contributed by atoms with Gasteiger partial charge in [0.15, 0.2) is 0 Å². The molecule has 1 heterocycles. The molecular formula is C26H23N3O4. The minimum atomic E-state index is -0.452. The lowest BCUT2D eigenvalue weighted by atomic mass is 10.1. The average Bonchev–Trinajstić information content (AvgIpc) is 3.17. The quantitative estimate of drug-likeness (QED) is 0.564. The number of hydrogen-bond acceptors (Lipinski definition) is 4. The molecule has 0 spiro atoms. The third-order valence-electron chi connectivity index (χ3n) is 5.49. The van der Waals surface area contributed by atoms with Gasteiger partial charge in [0.25, 0.3) is 11.8 Å². The zero-order valence-corrected chi connectivity index (χ0v) is 18.1. The largest absolute Gasteiger partial charge is 0.345 e. The number of imide groups is 1. The van der Waals surface area contributed by atoms with Crippen molar-refractivity contribution in [2.45, 2.75) is 25.8 Å². The molecule has 0 aliphatic carbocycles. The van der Waals surface area contributed by atoms with E-state index in [1.54, 1.807) is 42.5 Å². The third-order valence-corrected chi connectivity index (χ3v) is 5.49. The molecule has 4 amide bonds. The van der Waals surface area contributed by atoms with Gasteiger partial charge in [-0.1, -0.05) is 48.5 Å². The van der Waals surface area contributed by atoms with Crippen LogP contribution < -0.4 is 15.5 Å². The molecule has 1 unspecified atom stereocenters. The zero-order chi connectivity index (χ0) is 23.4. The van der Waals surface area contributed by atoms with Crippen molar-refractivity contribution in [3.8, 4) is 0 Å². The predicted octanol–water partition coefficient (Wildman–Crippen LogP) is 4.08. The van der Waals surface area contributed by atoms with Gasteiger partial charge in [-0.2, -0.15) is 0 Å². The highest BCUT2D eigenvalue weighted by molar-refractivity contribution is 6.20. The fourth-order valence-electron chi connectivity index (χ4n) is 3.73. The van der Waals surface area contributed by atoms with Crippen molar-refractivity contribution >= 4 is 35.0 Å². The first kappa shape index (κ1) is 22.0. The van der Waals surface area contributed by atoms with E-state index < -0.39 is 5.91 Å². The van der Waals surface area contributed by atoms with Gasteiger partial charge in [-0.05, 0) is 42.8 Å². The van der Waals surface area contributed by atoms with E-state index in [2.05, 4.69) is 10.6 Å². The Hall–Kier alpha value is -4.26. The summed E-state index contributed by atoms with van der Waals surface area (Å²) in [5.41, 5.74) is 2.29. The van der Waals surface area contributed by atoms with Crippen LogP contribution in [-0.2, 0) is 9.59 Å². The van der Waals surface area contributed by atoms with Crippen molar-refractivity contribution in [3.05, 3.63) is 95.6 Å². The summed E-state index contributed by atoms with van der Waals surface area (Å²) >= 11 is 0. The number of hydrogen-bond donors (Lipinski definition) is 2. The lowest BCUT2D eigenvalue weighted by Gasteiger charge is -2.17. The summed E-state index contributed by atoms with van der Waals surface area (Å²) in [6.45, 7) is 1.89. The second kappa shape index (κ2) is 9.48. The molecule has 4 rings (SSSR count). The molecule has 1 saturated heterocycles. The van der Waals surface area contributed by atoms with E-state index >= 15 is 0 Å². The Balaban J connectivity index is 1.52.